The van der Waals surface area contributed by atoms with Gasteiger partial charge in [-0.25, -0.2) is 0 Å². The summed E-state index contributed by atoms with van der Waals surface area (Å²) >= 11 is 3.92. The second-order valence-corrected chi connectivity index (χ2v) is 21.1. The van der Waals surface area contributed by atoms with Gasteiger partial charge in [0.1, 0.15) is 23.4 Å². The molecule has 4 spiro atoms. The molecule has 2 amide bonds. The van der Waals surface area contributed by atoms with Crippen LogP contribution in [0.2, 0.25) is 13.6 Å². The molecule has 4 aliphatic heterocycles. The predicted molar refractivity (Wildman–Crippen MR) is 259 cm³/mol. The normalized spacial score (nSPS) is 38.8. The van der Waals surface area contributed by atoms with Crippen LogP contribution in [0.1, 0.15) is 61.3 Å². The molecule has 0 aromatic heterocycles. The van der Waals surface area contributed by atoms with Crippen molar-refractivity contribution in [3.8, 4) is 23.0 Å². The van der Waals surface area contributed by atoms with Crippen molar-refractivity contribution in [3.05, 3.63) is 70.8 Å². The zero-order valence-electron chi connectivity index (χ0n) is 40.8. The van der Waals surface area contributed by atoms with Gasteiger partial charge in [-0.3, -0.25) is 9.59 Å². The molecular formula is C51H68B2N4O8S. The molecule has 12 atom stereocenters. The average molecular weight is 919 g/mol. The van der Waals surface area contributed by atoms with Crippen molar-refractivity contribution < 1.29 is 38.0 Å². The second-order valence-electron chi connectivity index (χ2n) is 20.6. The Morgan fingerprint density at radius 1 is 0.712 bits per heavy atom. The van der Waals surface area contributed by atoms with Gasteiger partial charge in [-0.2, -0.15) is 12.6 Å². The number of ether oxygens (including phenoxy) is 6. The van der Waals surface area contributed by atoms with E-state index in [1.54, 1.807) is 38.1 Å². The summed E-state index contributed by atoms with van der Waals surface area (Å²) in [5.41, 5.74) is 3.03. The molecule has 12 aliphatic rings. The first-order valence-electron chi connectivity index (χ1n) is 24.1. The first kappa shape index (κ1) is 46.1. The van der Waals surface area contributed by atoms with Crippen molar-refractivity contribution in [2.24, 2.45) is 22.7 Å². The maximum absolute atomic E-state index is 13.6. The van der Waals surface area contributed by atoms with E-state index >= 15 is 0 Å². The first-order valence-corrected chi connectivity index (χ1v) is 24.7. The summed E-state index contributed by atoms with van der Waals surface area (Å²) in [7, 11) is 18.7. The van der Waals surface area contributed by atoms with Crippen LogP contribution in [0.3, 0.4) is 0 Å². The van der Waals surface area contributed by atoms with Gasteiger partial charge in [0.25, 0.3) is 0 Å². The van der Waals surface area contributed by atoms with Gasteiger partial charge in [0.05, 0.1) is 36.9 Å². The molecule has 2 saturated heterocycles. The molecule has 8 bridgehead atoms. The van der Waals surface area contributed by atoms with E-state index in [1.807, 2.05) is 54.7 Å². The van der Waals surface area contributed by atoms with E-state index in [9.17, 15) is 9.59 Å². The number of likely N-dealkylation sites (N-methyl/N-ethyl adjacent to an activating group) is 2. The van der Waals surface area contributed by atoms with Crippen LogP contribution in [0.4, 0.5) is 0 Å². The lowest BCUT2D eigenvalue weighted by molar-refractivity contribution is -0.215. The number of piperidine rings is 2. The van der Waals surface area contributed by atoms with E-state index in [4.69, 9.17) is 28.4 Å². The van der Waals surface area contributed by atoms with Crippen LogP contribution in [0.25, 0.3) is 0 Å². The van der Waals surface area contributed by atoms with E-state index in [0.717, 1.165) is 80.4 Å². The smallest absolute Gasteiger partial charge is 0.246 e. The molecule has 4 fully saturated rings. The molecule has 15 heteroatoms. The predicted octanol–water partition coefficient (Wildman–Crippen LogP) is 5.41. The number of nitrogens with zero attached hydrogens (tertiary/aromatic N) is 4. The van der Waals surface area contributed by atoms with Crippen molar-refractivity contribution in [1.82, 2.24) is 19.4 Å². The van der Waals surface area contributed by atoms with Gasteiger partial charge >= 0.3 is 0 Å². The zero-order valence-corrected chi connectivity index (χ0v) is 41.7. The first-order chi connectivity index (χ1) is 31.7. The van der Waals surface area contributed by atoms with Crippen LogP contribution in [0.15, 0.2) is 48.6 Å². The largest absolute Gasteiger partial charge is 0.493 e. The Morgan fingerprint density at radius 3 is 1.44 bits per heavy atom. The van der Waals surface area contributed by atoms with Crippen molar-refractivity contribution in [2.45, 2.75) is 112 Å². The lowest BCUT2D eigenvalue weighted by Crippen LogP contribution is -2.80. The van der Waals surface area contributed by atoms with Crippen LogP contribution < -0.4 is 18.9 Å². The molecule has 66 heavy (non-hydrogen) atoms. The highest BCUT2D eigenvalue weighted by molar-refractivity contribution is 7.80. The highest BCUT2D eigenvalue weighted by Crippen LogP contribution is 2.76. The fourth-order valence-electron chi connectivity index (χ4n) is 15.7. The number of carbonyl (C=O) groups excluding carboxylic acids is 2. The Morgan fingerprint density at radius 2 is 1.11 bits per heavy atom. The van der Waals surface area contributed by atoms with Crippen molar-refractivity contribution >= 4 is 39.3 Å². The number of methoxy groups -OCH3 is 4. The Balaban J connectivity index is 0.000000144. The van der Waals surface area contributed by atoms with E-state index in [2.05, 4.69) is 79.9 Å². The standard InChI is InChI=1S/2C24H30BN2O4.C3H8S/c2*1-25-27(3)20(28)15-13-22-8-9-24(15,30-5)21-23(22)10-11-26(2)17(22)12-14-6-7-16(29-4)19(31-21)18(14)23;1-2-3-4/h2*6-9,15,17,21H,10-13H2,1-5H3;4H,2-3H2,1H3/t2*15-,17-,21?,22-,23+,24?;/m11./s1. The maximum atomic E-state index is 13.6. The summed E-state index contributed by atoms with van der Waals surface area (Å²) in [6.45, 7) is 7.92. The summed E-state index contributed by atoms with van der Waals surface area (Å²) in [6, 6.07) is 9.17. The lowest BCUT2D eigenvalue weighted by Gasteiger charge is -2.70. The highest BCUT2D eigenvalue weighted by Gasteiger charge is 2.81. The van der Waals surface area contributed by atoms with Gasteiger partial charge in [0.15, 0.2) is 23.0 Å². The number of hydrogen-bond donors (Lipinski definition) is 1. The summed E-state index contributed by atoms with van der Waals surface area (Å²) in [5.74, 6) is 3.92. The summed E-state index contributed by atoms with van der Waals surface area (Å²) in [6.07, 6.45) is 15.3. The molecule has 2 radical (unpaired) electrons. The van der Waals surface area contributed by atoms with Crippen molar-refractivity contribution in [2.75, 3.05) is 75.5 Å². The van der Waals surface area contributed by atoms with Gasteiger partial charge < -0.3 is 47.8 Å². The SMILES string of the molecule is CCCS.C[B]N(C)C(=O)[C@H]1C[C@@]23C=CC1(OC)C1Oc4c(OC)ccc5c4[C@@]12CCN(C)[C@@H]3C5.C[B]N(C)C(=O)[C@H]1C[C@@]23C=CC1(OC)C1Oc4c(OC)ccc5c4[C@@]12CCN(C)[C@@H]3C5. The number of rotatable bonds is 9. The van der Waals surface area contributed by atoms with Gasteiger partial charge in [-0.15, -0.1) is 0 Å². The summed E-state index contributed by atoms with van der Waals surface area (Å²) in [4.78, 5) is 35.7. The number of benzene rings is 2. The number of carbonyl (C=O) groups is 2. The molecule has 12 nitrogen and oxygen atoms in total. The quantitative estimate of drug-likeness (QED) is 0.200. The molecule has 0 N–H and O–H groups in total. The minimum absolute atomic E-state index is 0.0981. The average Bonchev–Trinajstić information content (AvgIpc) is 3.92. The Bertz CT molecular complexity index is 2230. The van der Waals surface area contributed by atoms with Crippen LogP contribution in [0, 0.1) is 22.7 Å². The summed E-state index contributed by atoms with van der Waals surface area (Å²) < 4.78 is 37.8. The number of hydrogen-bond acceptors (Lipinski definition) is 11. The molecule has 2 aromatic carbocycles. The highest BCUT2D eigenvalue weighted by atomic mass is 32.1. The minimum atomic E-state index is -0.796. The number of fused-ring (bicyclic) bond motifs is 2. The fourth-order valence-corrected chi connectivity index (χ4v) is 15.7. The topological polar surface area (TPSA) is 102 Å². The molecule has 2 aromatic rings. The molecule has 4 unspecified atom stereocenters. The Hall–Kier alpha value is -3.62. The van der Waals surface area contributed by atoms with E-state index in [-0.39, 0.29) is 57.5 Å². The molecule has 352 valence electrons. The minimum Gasteiger partial charge on any atom is -0.493 e. The number of thiol groups is 1. The summed E-state index contributed by atoms with van der Waals surface area (Å²) in [5, 5.41) is 0. The van der Waals surface area contributed by atoms with Crippen LogP contribution in [-0.2, 0) is 42.7 Å². The second kappa shape index (κ2) is 16.0. The molecular weight excluding hydrogens is 850 g/mol. The third kappa shape index (κ3) is 5.36. The van der Waals surface area contributed by atoms with E-state index < -0.39 is 11.2 Å². The van der Waals surface area contributed by atoms with Crippen molar-refractivity contribution in [3.63, 3.8) is 0 Å². The fraction of sp³-hybridized carbons (Fsp3) is 0.647. The maximum Gasteiger partial charge on any atom is 0.246 e. The third-order valence-electron chi connectivity index (χ3n) is 18.8. The molecule has 2 saturated carbocycles. The molecule has 4 heterocycles. The van der Waals surface area contributed by atoms with Gasteiger partial charge in [0.2, 0.25) is 26.6 Å². The number of amides is 2. The third-order valence-corrected chi connectivity index (χ3v) is 19.3. The van der Waals surface area contributed by atoms with E-state index in [1.165, 1.54) is 28.7 Å². The Kier molecular flexibility index (Phi) is 11.2. The van der Waals surface area contributed by atoms with Crippen molar-refractivity contribution in [1.29, 1.82) is 0 Å². The number of likely N-dealkylation sites (tertiary alicyclic amines) is 2. The zero-order chi connectivity index (χ0) is 46.9. The van der Waals surface area contributed by atoms with Crippen LogP contribution >= 0.6 is 12.6 Å². The Labute approximate surface area is 399 Å². The molecule has 14 rings (SSSR count). The van der Waals surface area contributed by atoms with Gasteiger partial charge in [-0.1, -0.05) is 57.0 Å². The molecule has 8 aliphatic carbocycles. The van der Waals surface area contributed by atoms with Crippen LogP contribution in [-0.4, -0.2) is 157 Å². The van der Waals surface area contributed by atoms with Gasteiger partial charge in [-0.05, 0) is 115 Å². The van der Waals surface area contributed by atoms with Crippen LogP contribution in [0.5, 0.6) is 23.0 Å². The monoisotopic (exact) mass is 918 g/mol. The van der Waals surface area contributed by atoms with E-state index in [0.29, 0.717) is 12.1 Å². The lowest BCUT2D eigenvalue weighted by atomic mass is 9.37. The van der Waals surface area contributed by atoms with Gasteiger partial charge in [0, 0.05) is 48.3 Å².